The topological polar surface area (TPSA) is 279 Å². The molecule has 25 nitrogen and oxygen atoms in total. The van der Waals surface area contributed by atoms with E-state index in [2.05, 4.69) is 29.1 Å². The van der Waals surface area contributed by atoms with E-state index >= 15 is 28.8 Å². The van der Waals surface area contributed by atoms with Crippen molar-refractivity contribution in [3.05, 3.63) is 95.1 Å². The number of halogens is 7. The van der Waals surface area contributed by atoms with Crippen molar-refractivity contribution < 1.29 is 88.6 Å². The Bertz CT molecular complexity index is 3610. The maximum Gasteiger partial charge on any atom is 0.417 e. The maximum absolute atomic E-state index is 15.6. The van der Waals surface area contributed by atoms with Gasteiger partial charge in [0.2, 0.25) is 70.9 Å². The molecule has 0 bridgehead atoms. The number of nitrogens with one attached hydrogen (secondary N) is 3. The summed E-state index contributed by atoms with van der Waals surface area (Å²) in [7, 11) is 10.8. The molecule has 2 aromatic rings. The Kier molecular flexibility index (Phi) is 32.2. The Balaban J connectivity index is 1.52. The molecule has 0 radical (unpaired) electrons. The van der Waals surface area contributed by atoms with Gasteiger partial charge < -0.3 is 64.8 Å². The van der Waals surface area contributed by atoms with Crippen molar-refractivity contribution in [3.63, 3.8) is 0 Å². The average molecular weight is 1560 g/mol. The van der Waals surface area contributed by atoms with E-state index < -0.39 is 198 Å². The normalized spacial score (nSPS) is 24.4. The highest BCUT2D eigenvalue weighted by Crippen LogP contribution is 2.39. The van der Waals surface area contributed by atoms with Crippen molar-refractivity contribution >= 4 is 82.5 Å². The second kappa shape index (κ2) is 39.3. The monoisotopic (exact) mass is 1560 g/mol. The molecule has 2 saturated carbocycles. The minimum absolute atomic E-state index is 0.0275. The number of aryl methyl sites for hydroxylation is 1. The standard InChI is InChI=1S/C77H109ClF6N12O13/c1-15-18-37-96-59(42-50-27-31-52(32-28-50)76(79,80)81)70(104)89(9)44-61(97)85-55(34-30-49-29-33-53(54(78)41-49)77(82,83)84)68(102)95-38-23-26-56(95)67(101)87-75(35-21-22-36-75)74(108)94(14)65(51-24-19-20-25-51)73(107)93(13)58(69(103)88(7)8)43-62(98)91(11)57(40-47(4)5)66(100)86-64(48(6)17-3)72(106)90(10)45-63(99)92(12)60(71(96)105)46-109-39-16-2/h15-16,27-29,31-33,41,47-48,51,55-60,64-65H,1-2,17-26,30,34-40,42-46H2,3-14H3,(H,85,97)(H,86,100)(H,87,101)/t48-,55-,56?,57-,58-,59-,60-,64-,65-/m0/s1. The van der Waals surface area contributed by atoms with Gasteiger partial charge in [-0.1, -0.05) is 102 Å². The van der Waals surface area contributed by atoms with Crippen LogP contribution in [0.1, 0.15) is 146 Å². The predicted octanol–water partition coefficient (Wildman–Crippen LogP) is 6.92. The Morgan fingerprint density at radius 2 is 1.30 bits per heavy atom. The second-order valence-corrected chi connectivity index (χ2v) is 30.4. The highest BCUT2D eigenvalue weighted by Gasteiger charge is 2.52. The van der Waals surface area contributed by atoms with Crippen molar-refractivity contribution in [1.82, 2.24) is 60.0 Å². The van der Waals surface area contributed by atoms with Gasteiger partial charge in [0.05, 0.1) is 48.9 Å². The second-order valence-electron chi connectivity index (χ2n) is 30.0. The number of rotatable bonds is 18. The molecule has 2 aromatic carbocycles. The zero-order valence-electron chi connectivity index (χ0n) is 64.7. The Labute approximate surface area is 640 Å². The smallest absolute Gasteiger partial charge is 0.375 e. The van der Waals surface area contributed by atoms with E-state index in [4.69, 9.17) is 16.3 Å². The lowest BCUT2D eigenvalue weighted by Crippen LogP contribution is -2.65. The van der Waals surface area contributed by atoms with Crippen LogP contribution in [0.4, 0.5) is 26.3 Å². The fourth-order valence-corrected chi connectivity index (χ4v) is 15.2. The molecule has 604 valence electrons. The minimum Gasteiger partial charge on any atom is -0.375 e. The molecule has 1 spiro atoms. The summed E-state index contributed by atoms with van der Waals surface area (Å²) in [5.41, 5.74) is -3.52. The highest BCUT2D eigenvalue weighted by atomic mass is 35.5. The van der Waals surface area contributed by atoms with Crippen molar-refractivity contribution in [3.8, 4) is 0 Å². The van der Waals surface area contributed by atoms with E-state index in [1.807, 2.05) is 13.8 Å². The number of likely N-dealkylation sites (N-methyl/N-ethyl adjacent to an activating group) is 7. The highest BCUT2D eigenvalue weighted by molar-refractivity contribution is 6.31. The van der Waals surface area contributed by atoms with Crippen molar-refractivity contribution in [2.45, 2.75) is 203 Å². The van der Waals surface area contributed by atoms with Crippen LogP contribution in [0.5, 0.6) is 0 Å². The van der Waals surface area contributed by atoms with E-state index in [0.29, 0.717) is 44.9 Å². The summed E-state index contributed by atoms with van der Waals surface area (Å²) >= 11 is 6.16. The summed E-state index contributed by atoms with van der Waals surface area (Å²) in [5, 5.41) is 7.87. The number of carbonyl (C=O) groups excluding carboxylic acids is 12. The zero-order valence-corrected chi connectivity index (χ0v) is 65.5. The number of carbonyl (C=O) groups is 12. The summed E-state index contributed by atoms with van der Waals surface area (Å²) in [4.78, 5) is 192. The van der Waals surface area contributed by atoms with Crippen LogP contribution in [0.2, 0.25) is 5.02 Å². The van der Waals surface area contributed by atoms with Crippen LogP contribution in [0, 0.1) is 17.8 Å². The molecule has 32 heteroatoms. The van der Waals surface area contributed by atoms with Gasteiger partial charge in [-0.05, 0) is 117 Å². The van der Waals surface area contributed by atoms with E-state index in [1.54, 1.807) is 13.8 Å². The fourth-order valence-electron chi connectivity index (χ4n) is 14.9. The van der Waals surface area contributed by atoms with Crippen LogP contribution in [-0.2, 0) is 87.5 Å². The summed E-state index contributed by atoms with van der Waals surface area (Å²) in [5.74, 6) is -11.0. The van der Waals surface area contributed by atoms with Crippen molar-refractivity contribution in [2.24, 2.45) is 17.8 Å². The number of ether oxygens (including phenoxy) is 1. The van der Waals surface area contributed by atoms with Gasteiger partial charge in [0.15, 0.2) is 0 Å². The molecule has 12 amide bonds. The van der Waals surface area contributed by atoms with Crippen LogP contribution < -0.4 is 16.0 Å². The molecule has 0 aromatic heterocycles. The maximum atomic E-state index is 15.6. The van der Waals surface area contributed by atoms with Gasteiger partial charge in [-0.15, -0.1) is 13.2 Å². The number of fused-ring (bicyclic) bond motifs is 1. The average Bonchev–Trinajstić information content (AvgIpc) is 1.61. The molecule has 2 saturated heterocycles. The number of hydrogen-bond acceptors (Lipinski definition) is 13. The molecule has 2 aliphatic carbocycles. The van der Waals surface area contributed by atoms with Crippen LogP contribution in [-0.4, -0.2) is 265 Å². The van der Waals surface area contributed by atoms with E-state index in [1.165, 1.54) is 83.2 Å². The van der Waals surface area contributed by atoms with Gasteiger partial charge in [-0.3, -0.25) is 57.5 Å². The SMILES string of the molecule is C=CCCN1C(=O)[C@H](COCC=C)N(C)C(=O)CN(C)C(=O)[C@H]([C@@H](C)CC)NC(=O)[C@H](CC(C)C)N(C)C(=O)C[C@@H](C(=O)N(C)C)N(C)C(=O)[C@H](C2CCCC2)N(C)C(=O)C2(CCCC2)NC(=O)C2CCCN2C(=O)[C@H](CCc2ccc(C(F)(F)F)c(Cl)c2)NC(=O)CN(C)C(=O)[C@@H]1Cc1ccc(C(F)(F)F)cc1. The van der Waals surface area contributed by atoms with Crippen molar-refractivity contribution in [1.29, 1.82) is 0 Å². The number of benzene rings is 2. The molecule has 3 N–H and O–H groups in total. The van der Waals surface area contributed by atoms with Gasteiger partial charge in [0.1, 0.15) is 53.9 Å². The van der Waals surface area contributed by atoms with Crippen LogP contribution in [0.3, 0.4) is 0 Å². The first-order chi connectivity index (χ1) is 51.1. The summed E-state index contributed by atoms with van der Waals surface area (Å²) in [6.45, 7) is 11.8. The quantitative estimate of drug-likeness (QED) is 0.0778. The fraction of sp³-hybridized carbons (Fsp3) is 0.636. The molecule has 109 heavy (non-hydrogen) atoms. The molecular weight excluding hydrogens is 1450 g/mol. The van der Waals surface area contributed by atoms with Gasteiger partial charge in [-0.2, -0.15) is 26.3 Å². The molecule has 2 aliphatic heterocycles. The third-order valence-electron chi connectivity index (χ3n) is 21.5. The van der Waals surface area contributed by atoms with Gasteiger partial charge in [0.25, 0.3) is 0 Å². The Hall–Kier alpha value is -8.61. The number of nitrogens with zero attached hydrogens (tertiary/aromatic N) is 9. The first-order valence-electron chi connectivity index (χ1n) is 37.2. The first kappa shape index (κ1) is 89.3. The lowest BCUT2D eigenvalue weighted by molar-refractivity contribution is -0.156. The molecular formula is C77H109ClF6N12O13. The number of hydrogen-bond donors (Lipinski definition) is 3. The summed E-state index contributed by atoms with van der Waals surface area (Å²) in [6, 6.07) is -4.88. The Morgan fingerprint density at radius 1 is 0.688 bits per heavy atom. The molecule has 1 unspecified atom stereocenters. The lowest BCUT2D eigenvalue weighted by atomic mass is 9.90. The molecule has 6 rings (SSSR count). The number of alkyl halides is 6. The van der Waals surface area contributed by atoms with E-state index in [-0.39, 0.29) is 88.1 Å². The van der Waals surface area contributed by atoms with E-state index in [0.717, 1.165) is 71.9 Å². The van der Waals surface area contributed by atoms with Crippen LogP contribution in [0.25, 0.3) is 0 Å². The van der Waals surface area contributed by atoms with Crippen LogP contribution in [0.15, 0.2) is 67.8 Å². The third kappa shape index (κ3) is 22.8. The molecule has 4 aliphatic rings. The first-order valence-corrected chi connectivity index (χ1v) is 37.6. The van der Waals surface area contributed by atoms with Gasteiger partial charge >= 0.3 is 12.4 Å². The molecule has 2 heterocycles. The van der Waals surface area contributed by atoms with E-state index in [9.17, 15) is 55.1 Å². The zero-order chi connectivity index (χ0) is 81.3. The van der Waals surface area contributed by atoms with Crippen molar-refractivity contribution in [2.75, 3.05) is 95.8 Å². The number of amides is 12. The minimum atomic E-state index is -4.83. The van der Waals surface area contributed by atoms with Gasteiger partial charge in [-0.25, -0.2) is 0 Å². The molecule has 9 atom stereocenters. The predicted molar refractivity (Wildman–Crippen MR) is 395 cm³/mol. The Morgan fingerprint density at radius 3 is 1.87 bits per heavy atom. The largest absolute Gasteiger partial charge is 0.417 e. The van der Waals surface area contributed by atoms with Crippen LogP contribution >= 0.6 is 11.6 Å². The molecule has 4 fully saturated rings. The summed E-state index contributed by atoms with van der Waals surface area (Å²) in [6.07, 6.45) is -4.42. The lowest BCUT2D eigenvalue weighted by Gasteiger charge is -2.42. The third-order valence-corrected chi connectivity index (χ3v) is 21.8. The summed E-state index contributed by atoms with van der Waals surface area (Å²) < 4.78 is 89.9. The van der Waals surface area contributed by atoms with Gasteiger partial charge in [0, 0.05) is 75.9 Å².